The summed E-state index contributed by atoms with van der Waals surface area (Å²) in [7, 11) is 1.59. The molecular weight excluding hydrogens is 176 g/mol. The summed E-state index contributed by atoms with van der Waals surface area (Å²) < 4.78 is 5.14. The van der Waals surface area contributed by atoms with Crippen molar-refractivity contribution in [3.8, 4) is 5.75 Å². The summed E-state index contributed by atoms with van der Waals surface area (Å²) in [5.74, 6) is 0.883. The molecule has 0 fully saturated rings. The van der Waals surface area contributed by atoms with Crippen molar-refractivity contribution in [3.05, 3.63) is 29.8 Å². The maximum atomic E-state index is 11.9. The molecule has 0 aliphatic heterocycles. The number of benzene rings is 1. The van der Waals surface area contributed by atoms with Crippen molar-refractivity contribution in [2.24, 2.45) is 5.92 Å². The third-order valence-electron chi connectivity index (χ3n) is 2.43. The maximum absolute atomic E-state index is 11.9. The van der Waals surface area contributed by atoms with Crippen LogP contribution in [0.1, 0.15) is 30.6 Å². The SMILES string of the molecule is CCC(C)C(=O)c1ccccc1OC. The van der Waals surface area contributed by atoms with E-state index in [0.29, 0.717) is 11.3 Å². The van der Waals surface area contributed by atoms with Gasteiger partial charge in [0, 0.05) is 5.92 Å². The van der Waals surface area contributed by atoms with Gasteiger partial charge < -0.3 is 4.74 Å². The lowest BCUT2D eigenvalue weighted by Gasteiger charge is -2.10. The van der Waals surface area contributed by atoms with Crippen molar-refractivity contribution in [1.29, 1.82) is 0 Å². The lowest BCUT2D eigenvalue weighted by Crippen LogP contribution is -2.11. The molecule has 0 aromatic heterocycles. The minimum Gasteiger partial charge on any atom is -0.496 e. The van der Waals surface area contributed by atoms with Crippen LogP contribution in [-0.2, 0) is 0 Å². The van der Waals surface area contributed by atoms with E-state index in [1.807, 2.05) is 38.1 Å². The van der Waals surface area contributed by atoms with E-state index in [-0.39, 0.29) is 11.7 Å². The highest BCUT2D eigenvalue weighted by atomic mass is 16.5. The second kappa shape index (κ2) is 4.80. The Kier molecular flexibility index (Phi) is 3.69. The summed E-state index contributed by atoms with van der Waals surface area (Å²) in [5, 5.41) is 0. The van der Waals surface area contributed by atoms with Crippen LogP contribution in [0.2, 0.25) is 0 Å². The van der Waals surface area contributed by atoms with Gasteiger partial charge in [0.25, 0.3) is 0 Å². The molecule has 0 heterocycles. The van der Waals surface area contributed by atoms with E-state index in [9.17, 15) is 4.79 Å². The second-order valence-corrected chi connectivity index (χ2v) is 3.37. The Labute approximate surface area is 84.9 Å². The van der Waals surface area contributed by atoms with Gasteiger partial charge in [-0.2, -0.15) is 0 Å². The Morgan fingerprint density at radius 1 is 1.43 bits per heavy atom. The fourth-order valence-corrected chi connectivity index (χ4v) is 1.30. The molecule has 0 saturated carbocycles. The summed E-state index contributed by atoms with van der Waals surface area (Å²) in [4.78, 5) is 11.9. The third kappa shape index (κ3) is 2.13. The van der Waals surface area contributed by atoms with Crippen LogP contribution >= 0.6 is 0 Å². The molecule has 1 unspecified atom stereocenters. The molecule has 0 spiro atoms. The first-order chi connectivity index (χ1) is 6.70. The van der Waals surface area contributed by atoms with Crippen LogP contribution in [0.3, 0.4) is 0 Å². The lowest BCUT2D eigenvalue weighted by molar-refractivity contribution is 0.0924. The smallest absolute Gasteiger partial charge is 0.169 e. The van der Waals surface area contributed by atoms with Gasteiger partial charge in [-0.05, 0) is 18.6 Å². The van der Waals surface area contributed by atoms with Gasteiger partial charge in [-0.15, -0.1) is 0 Å². The van der Waals surface area contributed by atoms with Crippen molar-refractivity contribution in [1.82, 2.24) is 0 Å². The van der Waals surface area contributed by atoms with Crippen LogP contribution in [0.15, 0.2) is 24.3 Å². The van der Waals surface area contributed by atoms with E-state index in [2.05, 4.69) is 0 Å². The molecule has 0 radical (unpaired) electrons. The Hall–Kier alpha value is -1.31. The maximum Gasteiger partial charge on any atom is 0.169 e. The van der Waals surface area contributed by atoms with Crippen LogP contribution in [0, 0.1) is 5.92 Å². The number of ether oxygens (including phenoxy) is 1. The molecule has 1 aromatic rings. The van der Waals surface area contributed by atoms with Gasteiger partial charge in [-0.1, -0.05) is 26.0 Å². The Balaban J connectivity index is 3.00. The summed E-state index contributed by atoms with van der Waals surface area (Å²) in [6.07, 6.45) is 0.858. The van der Waals surface area contributed by atoms with E-state index >= 15 is 0 Å². The van der Waals surface area contributed by atoms with Gasteiger partial charge in [0.1, 0.15) is 5.75 Å². The number of para-hydroxylation sites is 1. The zero-order chi connectivity index (χ0) is 10.6. The summed E-state index contributed by atoms with van der Waals surface area (Å²) in [6, 6.07) is 7.35. The van der Waals surface area contributed by atoms with E-state index in [1.165, 1.54) is 0 Å². The van der Waals surface area contributed by atoms with Gasteiger partial charge >= 0.3 is 0 Å². The molecule has 14 heavy (non-hydrogen) atoms. The molecule has 0 amide bonds. The Morgan fingerprint density at radius 2 is 2.07 bits per heavy atom. The van der Waals surface area contributed by atoms with Crippen molar-refractivity contribution < 1.29 is 9.53 Å². The number of Topliss-reactive ketones (excluding diaryl/α,β-unsaturated/α-hetero) is 1. The molecule has 1 aromatic carbocycles. The highest BCUT2D eigenvalue weighted by Gasteiger charge is 2.16. The van der Waals surface area contributed by atoms with Gasteiger partial charge in [0.15, 0.2) is 5.78 Å². The number of hydrogen-bond donors (Lipinski definition) is 0. The predicted molar refractivity (Wildman–Crippen MR) is 56.8 cm³/mol. The average Bonchev–Trinajstić information content (AvgIpc) is 2.26. The highest BCUT2D eigenvalue weighted by molar-refractivity contribution is 6.00. The highest BCUT2D eigenvalue weighted by Crippen LogP contribution is 2.21. The first-order valence-electron chi connectivity index (χ1n) is 4.88. The monoisotopic (exact) mass is 192 g/mol. The number of ketones is 1. The Bertz CT molecular complexity index is 318. The molecule has 0 bridgehead atoms. The summed E-state index contributed by atoms with van der Waals surface area (Å²) in [6.45, 7) is 3.95. The average molecular weight is 192 g/mol. The van der Waals surface area contributed by atoms with E-state index < -0.39 is 0 Å². The van der Waals surface area contributed by atoms with Crippen molar-refractivity contribution in [3.63, 3.8) is 0 Å². The zero-order valence-electron chi connectivity index (χ0n) is 8.91. The number of carbonyl (C=O) groups excluding carboxylic acids is 1. The molecule has 1 atom stereocenters. The number of methoxy groups -OCH3 is 1. The van der Waals surface area contributed by atoms with Crippen molar-refractivity contribution >= 4 is 5.78 Å². The van der Waals surface area contributed by atoms with E-state index in [4.69, 9.17) is 4.74 Å². The van der Waals surface area contributed by atoms with E-state index in [1.54, 1.807) is 7.11 Å². The first-order valence-corrected chi connectivity index (χ1v) is 4.88. The normalized spacial score (nSPS) is 12.2. The van der Waals surface area contributed by atoms with Crippen LogP contribution in [0.5, 0.6) is 5.75 Å². The molecule has 0 aliphatic carbocycles. The van der Waals surface area contributed by atoms with Gasteiger partial charge in [-0.25, -0.2) is 0 Å². The third-order valence-corrected chi connectivity index (χ3v) is 2.43. The Morgan fingerprint density at radius 3 is 2.64 bits per heavy atom. The standard InChI is InChI=1S/C12H16O2/c1-4-9(2)12(13)10-7-5-6-8-11(10)14-3/h5-9H,4H2,1-3H3. The number of carbonyl (C=O) groups is 1. The molecule has 2 nitrogen and oxygen atoms in total. The van der Waals surface area contributed by atoms with Gasteiger partial charge in [0.2, 0.25) is 0 Å². The van der Waals surface area contributed by atoms with Crippen molar-refractivity contribution in [2.75, 3.05) is 7.11 Å². The van der Waals surface area contributed by atoms with Crippen LogP contribution in [0.25, 0.3) is 0 Å². The quantitative estimate of drug-likeness (QED) is 0.685. The molecule has 0 saturated heterocycles. The summed E-state index contributed by atoms with van der Waals surface area (Å²) >= 11 is 0. The molecule has 0 N–H and O–H groups in total. The number of hydrogen-bond acceptors (Lipinski definition) is 2. The zero-order valence-corrected chi connectivity index (χ0v) is 8.91. The molecule has 0 aliphatic rings. The van der Waals surface area contributed by atoms with Gasteiger partial charge in [0.05, 0.1) is 12.7 Å². The molecule has 1 rings (SSSR count). The topological polar surface area (TPSA) is 26.3 Å². The second-order valence-electron chi connectivity index (χ2n) is 3.37. The fourth-order valence-electron chi connectivity index (χ4n) is 1.30. The molecule has 2 heteroatoms. The number of rotatable bonds is 4. The lowest BCUT2D eigenvalue weighted by atomic mass is 9.96. The largest absolute Gasteiger partial charge is 0.496 e. The van der Waals surface area contributed by atoms with Crippen molar-refractivity contribution in [2.45, 2.75) is 20.3 Å². The van der Waals surface area contributed by atoms with Crippen LogP contribution in [0.4, 0.5) is 0 Å². The first kappa shape index (κ1) is 10.8. The minimum atomic E-state index is 0.0614. The molecular formula is C12H16O2. The summed E-state index contributed by atoms with van der Waals surface area (Å²) in [5.41, 5.74) is 0.685. The fraction of sp³-hybridized carbons (Fsp3) is 0.417. The van der Waals surface area contributed by atoms with Gasteiger partial charge in [-0.3, -0.25) is 4.79 Å². The minimum absolute atomic E-state index is 0.0614. The van der Waals surface area contributed by atoms with E-state index in [0.717, 1.165) is 6.42 Å². The molecule has 76 valence electrons. The predicted octanol–water partition coefficient (Wildman–Crippen LogP) is 2.92. The van der Waals surface area contributed by atoms with Crippen LogP contribution < -0.4 is 4.74 Å². The van der Waals surface area contributed by atoms with Crippen LogP contribution in [-0.4, -0.2) is 12.9 Å².